The summed E-state index contributed by atoms with van der Waals surface area (Å²) in [4.78, 5) is 17.6. The van der Waals surface area contributed by atoms with Gasteiger partial charge in [0.25, 0.3) is 5.91 Å². The Balaban J connectivity index is 0.000000606. The summed E-state index contributed by atoms with van der Waals surface area (Å²) in [5.74, 6) is 0.0335. The van der Waals surface area contributed by atoms with E-state index in [4.69, 9.17) is 0 Å². The Morgan fingerprint density at radius 3 is 2.56 bits per heavy atom. The molecule has 3 heteroatoms. The quantitative estimate of drug-likeness (QED) is 0.658. The highest BCUT2D eigenvalue weighted by atomic mass is 16.2. The zero-order valence-corrected chi connectivity index (χ0v) is 10.3. The summed E-state index contributed by atoms with van der Waals surface area (Å²) in [6.45, 7) is 5.81. The third-order valence-electron chi connectivity index (χ3n) is 2.42. The highest BCUT2D eigenvalue weighted by Crippen LogP contribution is 2.21. The maximum atomic E-state index is 11.7. The second-order valence-corrected chi connectivity index (χ2v) is 3.41. The van der Waals surface area contributed by atoms with Crippen LogP contribution in [-0.4, -0.2) is 25.2 Å². The molecule has 1 aliphatic rings. The Bertz CT molecular complexity index is 399. The molecular weight excluding hydrogens is 200 g/mol. The number of amides is 1. The number of nitrogens with zero attached hydrogens (tertiary/aromatic N) is 2. The van der Waals surface area contributed by atoms with Gasteiger partial charge in [0, 0.05) is 18.8 Å². The summed E-state index contributed by atoms with van der Waals surface area (Å²) in [5.41, 5.74) is 1.92. The number of fused-ring (bicyclic) bond motifs is 1. The van der Waals surface area contributed by atoms with Crippen LogP contribution in [-0.2, 0) is 4.79 Å². The van der Waals surface area contributed by atoms with Crippen molar-refractivity contribution in [1.29, 1.82) is 0 Å². The van der Waals surface area contributed by atoms with E-state index < -0.39 is 0 Å². The predicted octanol–water partition coefficient (Wildman–Crippen LogP) is 2.50. The number of rotatable bonds is 0. The molecule has 1 atom stereocenters. The average Bonchev–Trinajstić information content (AvgIpc) is 2.46. The second-order valence-electron chi connectivity index (χ2n) is 3.41. The summed E-state index contributed by atoms with van der Waals surface area (Å²) in [6.07, 6.45) is 1.77. The van der Waals surface area contributed by atoms with Gasteiger partial charge in [-0.25, -0.2) is 0 Å². The molecule has 0 N–H and O–H groups in total. The maximum Gasteiger partial charge on any atom is 0.251 e. The first kappa shape index (κ1) is 12.4. The SMILES string of the molecule is CC.CC1N=Cc2ccccc2N(C)C1=O. The lowest BCUT2D eigenvalue weighted by atomic mass is 10.2. The Morgan fingerprint density at radius 2 is 1.88 bits per heavy atom. The Hall–Kier alpha value is -1.64. The standard InChI is InChI=1S/C11H12N2O.C2H6/c1-8-11(14)13(2)10-6-4-3-5-9(10)7-12-8;1-2/h3-8H,1-2H3;1-2H3. The van der Waals surface area contributed by atoms with Crippen molar-refractivity contribution in [2.24, 2.45) is 4.99 Å². The molecule has 0 spiro atoms. The Kier molecular flexibility index (Phi) is 4.23. The lowest BCUT2D eigenvalue weighted by molar-refractivity contribution is -0.119. The molecule has 86 valence electrons. The minimum atomic E-state index is -0.285. The predicted molar refractivity (Wildman–Crippen MR) is 68.3 cm³/mol. The van der Waals surface area contributed by atoms with Crippen molar-refractivity contribution in [2.45, 2.75) is 26.8 Å². The molecule has 0 saturated carbocycles. The largest absolute Gasteiger partial charge is 0.313 e. The van der Waals surface area contributed by atoms with Crippen molar-refractivity contribution in [3.63, 3.8) is 0 Å². The number of likely N-dealkylation sites (N-methyl/N-ethyl adjacent to an activating group) is 1. The highest BCUT2D eigenvalue weighted by molar-refractivity contribution is 6.04. The number of hydrogen-bond acceptors (Lipinski definition) is 2. The number of benzene rings is 1. The first-order valence-corrected chi connectivity index (χ1v) is 5.60. The Morgan fingerprint density at radius 1 is 1.25 bits per heavy atom. The fourth-order valence-electron chi connectivity index (χ4n) is 1.56. The molecule has 0 bridgehead atoms. The molecule has 0 fully saturated rings. The number of benzodiazepines with no additional fused rings is 1. The van der Waals surface area contributed by atoms with Gasteiger partial charge in [0.05, 0.1) is 5.69 Å². The van der Waals surface area contributed by atoms with Crippen LogP contribution in [0.2, 0.25) is 0 Å². The summed E-state index contributed by atoms with van der Waals surface area (Å²) >= 11 is 0. The van der Waals surface area contributed by atoms with E-state index in [1.165, 1.54) is 0 Å². The highest BCUT2D eigenvalue weighted by Gasteiger charge is 2.21. The molecule has 3 nitrogen and oxygen atoms in total. The van der Waals surface area contributed by atoms with Gasteiger partial charge in [-0.05, 0) is 13.0 Å². The van der Waals surface area contributed by atoms with E-state index in [9.17, 15) is 4.79 Å². The monoisotopic (exact) mass is 218 g/mol. The normalized spacial score (nSPS) is 18.4. The maximum absolute atomic E-state index is 11.7. The lowest BCUT2D eigenvalue weighted by Crippen LogP contribution is -2.32. The molecule has 1 amide bonds. The van der Waals surface area contributed by atoms with Crippen LogP contribution in [0.1, 0.15) is 26.3 Å². The summed E-state index contributed by atoms with van der Waals surface area (Å²) in [6, 6.07) is 7.47. The van der Waals surface area contributed by atoms with Crippen molar-refractivity contribution in [3.8, 4) is 0 Å². The molecule has 0 aromatic heterocycles. The molecule has 16 heavy (non-hydrogen) atoms. The van der Waals surface area contributed by atoms with Crippen LogP contribution in [0, 0.1) is 0 Å². The van der Waals surface area contributed by atoms with Crippen LogP contribution in [0.5, 0.6) is 0 Å². The smallest absolute Gasteiger partial charge is 0.251 e. The molecule has 1 aliphatic heterocycles. The summed E-state index contributed by atoms with van der Waals surface area (Å²) in [7, 11) is 1.78. The number of carbonyl (C=O) groups excluding carboxylic acids is 1. The van der Waals surface area contributed by atoms with Crippen molar-refractivity contribution in [3.05, 3.63) is 29.8 Å². The molecular formula is C13H18N2O. The van der Waals surface area contributed by atoms with Gasteiger partial charge in [-0.3, -0.25) is 9.79 Å². The minimum absolute atomic E-state index is 0.0335. The topological polar surface area (TPSA) is 32.7 Å². The fraction of sp³-hybridized carbons (Fsp3) is 0.385. The first-order chi connectivity index (χ1) is 7.70. The van der Waals surface area contributed by atoms with Crippen molar-refractivity contribution >= 4 is 17.8 Å². The molecule has 0 saturated heterocycles. The first-order valence-electron chi connectivity index (χ1n) is 5.60. The Labute approximate surface area is 96.8 Å². The van der Waals surface area contributed by atoms with E-state index in [0.717, 1.165) is 11.3 Å². The summed E-state index contributed by atoms with van der Waals surface area (Å²) < 4.78 is 0. The summed E-state index contributed by atoms with van der Waals surface area (Å²) in [5, 5.41) is 0. The van der Waals surface area contributed by atoms with Gasteiger partial charge in [-0.1, -0.05) is 32.0 Å². The molecule has 1 heterocycles. The number of hydrogen-bond donors (Lipinski definition) is 0. The van der Waals surface area contributed by atoms with Gasteiger partial charge in [0.1, 0.15) is 6.04 Å². The van der Waals surface area contributed by atoms with E-state index in [-0.39, 0.29) is 11.9 Å². The van der Waals surface area contributed by atoms with Crippen LogP contribution in [0.4, 0.5) is 5.69 Å². The van der Waals surface area contributed by atoms with Crippen LogP contribution >= 0.6 is 0 Å². The number of aliphatic imine (C=N–C) groups is 1. The van der Waals surface area contributed by atoms with E-state index in [1.54, 1.807) is 25.1 Å². The van der Waals surface area contributed by atoms with Crippen LogP contribution in [0.15, 0.2) is 29.3 Å². The molecule has 0 aliphatic carbocycles. The van der Waals surface area contributed by atoms with Crippen LogP contribution < -0.4 is 4.90 Å². The van der Waals surface area contributed by atoms with E-state index >= 15 is 0 Å². The van der Waals surface area contributed by atoms with Crippen molar-refractivity contribution in [2.75, 3.05) is 11.9 Å². The van der Waals surface area contributed by atoms with Gasteiger partial charge in [-0.2, -0.15) is 0 Å². The van der Waals surface area contributed by atoms with Gasteiger partial charge < -0.3 is 4.90 Å². The molecule has 1 aromatic rings. The zero-order valence-electron chi connectivity index (χ0n) is 10.3. The van der Waals surface area contributed by atoms with Gasteiger partial charge in [0.15, 0.2) is 0 Å². The van der Waals surface area contributed by atoms with Gasteiger partial charge in [-0.15, -0.1) is 0 Å². The molecule has 1 unspecified atom stereocenters. The van der Waals surface area contributed by atoms with E-state index in [1.807, 2.05) is 38.1 Å². The number of anilines is 1. The van der Waals surface area contributed by atoms with E-state index in [0.29, 0.717) is 0 Å². The third-order valence-corrected chi connectivity index (χ3v) is 2.42. The molecule has 1 aromatic carbocycles. The van der Waals surface area contributed by atoms with Crippen LogP contribution in [0.25, 0.3) is 0 Å². The second kappa shape index (κ2) is 5.45. The van der Waals surface area contributed by atoms with Crippen molar-refractivity contribution in [1.82, 2.24) is 0 Å². The average molecular weight is 218 g/mol. The van der Waals surface area contributed by atoms with E-state index in [2.05, 4.69) is 4.99 Å². The minimum Gasteiger partial charge on any atom is -0.313 e. The van der Waals surface area contributed by atoms with Crippen molar-refractivity contribution < 1.29 is 4.79 Å². The molecule has 0 radical (unpaired) electrons. The van der Waals surface area contributed by atoms with Gasteiger partial charge in [0.2, 0.25) is 0 Å². The molecule has 2 rings (SSSR count). The van der Waals surface area contributed by atoms with Gasteiger partial charge >= 0.3 is 0 Å². The zero-order chi connectivity index (χ0) is 12.1. The number of carbonyl (C=O) groups is 1. The van der Waals surface area contributed by atoms with Crippen LogP contribution in [0.3, 0.4) is 0 Å². The number of para-hydroxylation sites is 1. The third kappa shape index (κ3) is 2.30. The fourth-order valence-corrected chi connectivity index (χ4v) is 1.56. The lowest BCUT2D eigenvalue weighted by Gasteiger charge is -2.18.